The van der Waals surface area contributed by atoms with E-state index < -0.39 is 5.91 Å². The molecule has 0 aliphatic carbocycles. The van der Waals surface area contributed by atoms with Crippen LogP contribution in [0.5, 0.6) is 17.2 Å². The molecule has 8 nitrogen and oxygen atoms in total. The maximum absolute atomic E-state index is 12.8. The van der Waals surface area contributed by atoms with E-state index in [1.165, 1.54) is 13.3 Å². The third-order valence-corrected chi connectivity index (χ3v) is 4.80. The Hall–Kier alpha value is -2.74. The summed E-state index contributed by atoms with van der Waals surface area (Å²) >= 11 is 6.19. The van der Waals surface area contributed by atoms with Gasteiger partial charge in [-0.05, 0) is 38.5 Å². The Kier molecular flexibility index (Phi) is 7.90. The molecular weight excluding hydrogens is 396 g/mol. The number of nitrogens with one attached hydrogen (secondary N) is 1. The number of ether oxygens (including phenoxy) is 3. The van der Waals surface area contributed by atoms with Gasteiger partial charge in [0.1, 0.15) is 0 Å². The molecule has 0 fully saturated rings. The Bertz CT molecular complexity index is 833. The lowest BCUT2D eigenvalue weighted by Crippen LogP contribution is -2.30. The third-order valence-electron chi connectivity index (χ3n) is 4.53. The van der Waals surface area contributed by atoms with Gasteiger partial charge >= 0.3 is 0 Å². The lowest BCUT2D eigenvalue weighted by Gasteiger charge is -2.20. The summed E-state index contributed by atoms with van der Waals surface area (Å²) < 4.78 is 16.1. The van der Waals surface area contributed by atoms with Crippen molar-refractivity contribution in [3.05, 3.63) is 34.6 Å². The van der Waals surface area contributed by atoms with Gasteiger partial charge in [0.05, 0.1) is 38.6 Å². The van der Waals surface area contributed by atoms with Crippen LogP contribution in [0, 0.1) is 0 Å². The molecule has 1 amide bonds. The Morgan fingerprint density at radius 3 is 2.21 bits per heavy atom. The number of benzene rings is 1. The molecule has 29 heavy (non-hydrogen) atoms. The molecule has 1 N–H and O–H groups in total. The average molecular weight is 423 g/mol. The second-order valence-electron chi connectivity index (χ2n) is 6.19. The van der Waals surface area contributed by atoms with Crippen molar-refractivity contribution in [2.45, 2.75) is 26.8 Å². The minimum atomic E-state index is -0.396. The molecule has 1 heterocycles. The summed E-state index contributed by atoms with van der Waals surface area (Å²) in [6.07, 6.45) is 1.45. The van der Waals surface area contributed by atoms with Gasteiger partial charge in [-0.15, -0.1) is 0 Å². The highest BCUT2D eigenvalue weighted by molar-refractivity contribution is 6.33. The van der Waals surface area contributed by atoms with E-state index >= 15 is 0 Å². The van der Waals surface area contributed by atoms with Crippen molar-refractivity contribution in [3.63, 3.8) is 0 Å². The van der Waals surface area contributed by atoms with Crippen LogP contribution in [0.2, 0.25) is 5.02 Å². The van der Waals surface area contributed by atoms with Gasteiger partial charge in [-0.1, -0.05) is 11.6 Å². The van der Waals surface area contributed by atoms with E-state index in [1.54, 1.807) is 26.4 Å². The summed E-state index contributed by atoms with van der Waals surface area (Å²) in [6.45, 7) is 7.28. The van der Waals surface area contributed by atoms with Crippen LogP contribution in [0.3, 0.4) is 0 Å². The molecule has 1 atom stereocenters. The molecule has 9 heteroatoms. The van der Waals surface area contributed by atoms with Crippen LogP contribution in [-0.2, 0) is 0 Å². The van der Waals surface area contributed by atoms with Gasteiger partial charge in [-0.3, -0.25) is 4.79 Å². The summed E-state index contributed by atoms with van der Waals surface area (Å²) in [4.78, 5) is 23.4. The van der Waals surface area contributed by atoms with Gasteiger partial charge in [0.2, 0.25) is 11.7 Å². The maximum atomic E-state index is 12.8. The second-order valence-corrected chi connectivity index (χ2v) is 6.60. The smallest absolute Gasteiger partial charge is 0.272 e. The predicted molar refractivity (Wildman–Crippen MR) is 113 cm³/mol. The molecule has 1 unspecified atom stereocenters. The number of nitrogens with zero attached hydrogens (tertiary/aromatic N) is 3. The lowest BCUT2D eigenvalue weighted by atomic mass is 10.1. The second kappa shape index (κ2) is 10.2. The first-order chi connectivity index (χ1) is 13.9. The fraction of sp³-hybridized carbons (Fsp3) is 0.450. The number of rotatable bonds is 9. The van der Waals surface area contributed by atoms with E-state index in [-0.39, 0.29) is 16.8 Å². The SMILES string of the molecule is CCN(CC)c1ncc(Cl)c(C(=O)NC(C)c2cc(OC)c(OC)c(OC)c2)n1. The monoisotopic (exact) mass is 422 g/mol. The number of carbonyl (C=O) groups excluding carboxylic acids is 1. The highest BCUT2D eigenvalue weighted by Gasteiger charge is 2.21. The molecule has 2 rings (SSSR count). The van der Waals surface area contributed by atoms with Crippen molar-refractivity contribution in [2.24, 2.45) is 0 Å². The summed E-state index contributed by atoms with van der Waals surface area (Å²) in [5.74, 6) is 1.57. The maximum Gasteiger partial charge on any atom is 0.272 e. The van der Waals surface area contributed by atoms with Crippen molar-refractivity contribution in [2.75, 3.05) is 39.3 Å². The van der Waals surface area contributed by atoms with E-state index in [2.05, 4.69) is 15.3 Å². The molecule has 0 saturated carbocycles. The van der Waals surface area contributed by atoms with Gasteiger partial charge in [0.15, 0.2) is 17.2 Å². The molecule has 0 spiro atoms. The number of aromatic nitrogens is 2. The van der Waals surface area contributed by atoms with Crippen LogP contribution >= 0.6 is 11.6 Å². The minimum Gasteiger partial charge on any atom is -0.493 e. The normalized spacial score (nSPS) is 11.6. The molecule has 158 valence electrons. The number of anilines is 1. The predicted octanol–water partition coefficient (Wildman–Crippen LogP) is 3.49. The highest BCUT2D eigenvalue weighted by Crippen LogP contribution is 2.39. The van der Waals surface area contributed by atoms with E-state index in [1.807, 2.05) is 25.7 Å². The number of methoxy groups -OCH3 is 3. The molecule has 1 aromatic heterocycles. The standard InChI is InChI=1S/C20H27ClN4O4/c1-7-25(8-2)20-22-11-14(21)17(24-20)19(26)23-12(3)13-9-15(27-4)18(29-6)16(10-13)28-5/h9-12H,7-8H2,1-6H3,(H,23,26). The number of hydrogen-bond acceptors (Lipinski definition) is 7. The van der Waals surface area contributed by atoms with Crippen LogP contribution in [0.4, 0.5) is 5.95 Å². The first-order valence-corrected chi connectivity index (χ1v) is 9.66. The Morgan fingerprint density at radius 1 is 1.14 bits per heavy atom. The topological polar surface area (TPSA) is 85.8 Å². The molecule has 0 bridgehead atoms. The van der Waals surface area contributed by atoms with Gasteiger partial charge < -0.3 is 24.4 Å². The van der Waals surface area contributed by atoms with Crippen molar-refractivity contribution in [1.29, 1.82) is 0 Å². The first kappa shape index (κ1) is 22.5. The fourth-order valence-electron chi connectivity index (χ4n) is 2.88. The van der Waals surface area contributed by atoms with Crippen molar-refractivity contribution in [3.8, 4) is 17.2 Å². The molecule has 0 aliphatic heterocycles. The Labute approximate surface area is 176 Å². The molecule has 0 saturated heterocycles. The van der Waals surface area contributed by atoms with Crippen LogP contribution in [0.1, 0.15) is 42.9 Å². The zero-order chi connectivity index (χ0) is 21.6. The number of carbonyl (C=O) groups is 1. The van der Waals surface area contributed by atoms with Crippen molar-refractivity contribution < 1.29 is 19.0 Å². The summed E-state index contributed by atoms with van der Waals surface area (Å²) in [6, 6.07) is 3.21. The zero-order valence-corrected chi connectivity index (χ0v) is 18.3. The fourth-order valence-corrected chi connectivity index (χ4v) is 3.05. The summed E-state index contributed by atoms with van der Waals surface area (Å²) in [5.41, 5.74) is 0.907. The molecule has 0 aliphatic rings. The van der Waals surface area contributed by atoms with Crippen LogP contribution in [0.25, 0.3) is 0 Å². The number of hydrogen-bond donors (Lipinski definition) is 1. The molecule has 2 aromatic rings. The van der Waals surface area contributed by atoms with E-state index in [0.717, 1.165) is 18.7 Å². The molecular formula is C20H27ClN4O4. The highest BCUT2D eigenvalue weighted by atomic mass is 35.5. The van der Waals surface area contributed by atoms with E-state index in [9.17, 15) is 4.79 Å². The lowest BCUT2D eigenvalue weighted by molar-refractivity contribution is 0.0934. The van der Waals surface area contributed by atoms with Gasteiger partial charge in [-0.25, -0.2) is 9.97 Å². The van der Waals surface area contributed by atoms with Crippen LogP contribution < -0.4 is 24.4 Å². The van der Waals surface area contributed by atoms with Gasteiger partial charge in [0, 0.05) is 13.1 Å². The average Bonchev–Trinajstić information content (AvgIpc) is 2.74. The number of halogens is 1. The first-order valence-electron chi connectivity index (χ1n) is 9.28. The molecule has 1 aromatic carbocycles. The minimum absolute atomic E-state index is 0.128. The van der Waals surface area contributed by atoms with Crippen LogP contribution in [-0.4, -0.2) is 50.3 Å². The zero-order valence-electron chi connectivity index (χ0n) is 17.6. The van der Waals surface area contributed by atoms with E-state index in [0.29, 0.717) is 23.2 Å². The van der Waals surface area contributed by atoms with Crippen LogP contribution in [0.15, 0.2) is 18.3 Å². The van der Waals surface area contributed by atoms with Gasteiger partial charge in [0.25, 0.3) is 5.91 Å². The molecule has 0 radical (unpaired) electrons. The Morgan fingerprint density at radius 2 is 1.72 bits per heavy atom. The third kappa shape index (κ3) is 5.00. The summed E-state index contributed by atoms with van der Waals surface area (Å²) in [5, 5.41) is 3.10. The summed E-state index contributed by atoms with van der Waals surface area (Å²) in [7, 11) is 4.62. The van der Waals surface area contributed by atoms with Crippen molar-refractivity contribution in [1.82, 2.24) is 15.3 Å². The Balaban J connectivity index is 2.30. The van der Waals surface area contributed by atoms with Gasteiger partial charge in [-0.2, -0.15) is 0 Å². The van der Waals surface area contributed by atoms with Crippen molar-refractivity contribution >= 4 is 23.5 Å². The quantitative estimate of drug-likeness (QED) is 0.661. The van der Waals surface area contributed by atoms with E-state index in [4.69, 9.17) is 25.8 Å². The largest absolute Gasteiger partial charge is 0.493 e. The number of amides is 1.